The number of nitrogens with one attached hydrogen (secondary N) is 1. The fourth-order valence-electron chi connectivity index (χ4n) is 3.11. The van der Waals surface area contributed by atoms with Gasteiger partial charge in [-0.1, -0.05) is 6.08 Å². The van der Waals surface area contributed by atoms with E-state index in [9.17, 15) is 21.6 Å². The molecule has 1 unspecified atom stereocenters. The van der Waals surface area contributed by atoms with Crippen LogP contribution in [0, 0.1) is 21.0 Å². The van der Waals surface area contributed by atoms with E-state index in [1.54, 1.807) is 6.07 Å². The zero-order chi connectivity index (χ0) is 22.3. The molecule has 2 aromatic carbocycles. The van der Waals surface area contributed by atoms with Crippen LogP contribution in [0.1, 0.15) is 19.3 Å². The second kappa shape index (κ2) is 8.55. The fraction of sp³-hybridized carbons (Fsp3) is 0.263. The average Bonchev–Trinajstić information content (AvgIpc) is 3.48. The number of anilines is 3. The predicted octanol–water partition coefficient (Wildman–Crippen LogP) is 5.50. The quantitative estimate of drug-likeness (QED) is 0.259. The minimum Gasteiger partial charge on any atom is -0.494 e. The lowest BCUT2D eigenvalue weighted by atomic mass is 10.2. The first kappa shape index (κ1) is 23.1. The molecule has 162 valence electrons. The summed E-state index contributed by atoms with van der Waals surface area (Å²) < 4.78 is 75.4. The normalized spacial score (nSPS) is 14.9. The van der Waals surface area contributed by atoms with Gasteiger partial charge in [-0.3, -0.25) is 0 Å². The van der Waals surface area contributed by atoms with Crippen LogP contribution in [0.15, 0.2) is 36.9 Å². The average molecular weight is 570 g/mol. The molecule has 0 amide bonds. The third-order valence-electron chi connectivity index (χ3n) is 4.92. The van der Waals surface area contributed by atoms with Crippen LogP contribution in [-0.4, -0.2) is 20.3 Å². The Morgan fingerprint density at radius 2 is 1.97 bits per heavy atom. The zero-order valence-corrected chi connectivity index (χ0v) is 20.0. The highest BCUT2D eigenvalue weighted by Crippen LogP contribution is 2.53. The molecule has 0 spiro atoms. The molecule has 0 saturated heterocycles. The molecule has 0 heterocycles. The standard InChI is InChI=1S/C19H19F3IN2O3PS/c1-3-6-19(7-8-19)30(26,27)25(29)18-15(28-2)10-13(21)16(22)17(18)24-14-5-4-11(23)9-12(14)20/h3-5,9-10,24H,1,6-8,29H2,2H3. The monoisotopic (exact) mass is 570 g/mol. The van der Waals surface area contributed by atoms with Gasteiger partial charge >= 0.3 is 0 Å². The molecule has 2 aromatic rings. The second-order valence-corrected chi connectivity index (χ2v) is 11.2. The molecule has 5 nitrogen and oxygen atoms in total. The Bertz CT molecular complexity index is 1110. The van der Waals surface area contributed by atoms with Crippen molar-refractivity contribution < 1.29 is 26.3 Å². The van der Waals surface area contributed by atoms with Crippen LogP contribution < -0.4 is 14.1 Å². The van der Waals surface area contributed by atoms with E-state index in [1.807, 2.05) is 32.0 Å². The number of hydrogen-bond donors (Lipinski definition) is 1. The highest BCUT2D eigenvalue weighted by molar-refractivity contribution is 14.1. The SMILES string of the molecule is C=CCC1(S(=O)(=O)N(P)c2c(OC)cc(F)c(F)c2Nc2ccc(I)cc2F)CC1. The first-order valence-electron chi connectivity index (χ1n) is 8.76. The Kier molecular flexibility index (Phi) is 6.60. The Morgan fingerprint density at radius 3 is 2.50 bits per heavy atom. The van der Waals surface area contributed by atoms with Crippen LogP contribution in [0.5, 0.6) is 5.75 Å². The fourth-order valence-corrected chi connectivity index (χ4v) is 6.27. The zero-order valence-electron chi connectivity index (χ0n) is 15.9. The number of rotatable bonds is 8. The van der Waals surface area contributed by atoms with Crippen molar-refractivity contribution in [1.29, 1.82) is 0 Å². The topological polar surface area (TPSA) is 58.6 Å². The van der Waals surface area contributed by atoms with E-state index in [1.165, 1.54) is 25.3 Å². The Hall–Kier alpha value is -1.52. The van der Waals surface area contributed by atoms with Crippen molar-refractivity contribution in [2.75, 3.05) is 16.5 Å². The molecule has 1 saturated carbocycles. The molecule has 1 N–H and O–H groups in total. The maximum atomic E-state index is 14.8. The molecule has 0 aliphatic heterocycles. The van der Waals surface area contributed by atoms with E-state index >= 15 is 0 Å². The molecular formula is C19H19F3IN2O3PS. The van der Waals surface area contributed by atoms with E-state index in [2.05, 4.69) is 11.9 Å². The lowest BCUT2D eigenvalue weighted by molar-refractivity contribution is 0.408. The number of halogens is 4. The van der Waals surface area contributed by atoms with Gasteiger partial charge < -0.3 is 10.1 Å². The number of allylic oxidation sites excluding steroid dienone is 1. The minimum atomic E-state index is -4.02. The van der Waals surface area contributed by atoms with Gasteiger partial charge in [0, 0.05) is 9.64 Å². The van der Waals surface area contributed by atoms with Crippen LogP contribution in [0.3, 0.4) is 0 Å². The first-order valence-corrected chi connectivity index (χ1v) is 11.8. The van der Waals surface area contributed by atoms with Crippen molar-refractivity contribution in [3.05, 3.63) is 57.9 Å². The number of nitrogens with zero attached hydrogens (tertiary/aromatic N) is 1. The summed E-state index contributed by atoms with van der Waals surface area (Å²) in [5, 5.41) is 2.50. The Balaban J connectivity index is 2.18. The number of methoxy groups -OCH3 is 1. The van der Waals surface area contributed by atoms with Crippen LogP contribution >= 0.6 is 32.0 Å². The first-order chi connectivity index (χ1) is 14.1. The molecule has 11 heteroatoms. The van der Waals surface area contributed by atoms with Gasteiger partial charge in [-0.25, -0.2) is 25.7 Å². The Morgan fingerprint density at radius 1 is 1.30 bits per heavy atom. The van der Waals surface area contributed by atoms with Gasteiger partial charge in [-0.2, -0.15) is 0 Å². The number of sulfonamides is 1. The van der Waals surface area contributed by atoms with E-state index in [0.717, 1.165) is 10.1 Å². The molecule has 1 atom stereocenters. The maximum absolute atomic E-state index is 14.8. The summed E-state index contributed by atoms with van der Waals surface area (Å²) in [5.74, 6) is -3.57. The summed E-state index contributed by atoms with van der Waals surface area (Å²) in [6, 6.07) is 4.87. The summed E-state index contributed by atoms with van der Waals surface area (Å²) in [5.41, 5.74) is -0.985. The lowest BCUT2D eigenvalue weighted by Gasteiger charge is -2.28. The van der Waals surface area contributed by atoms with Gasteiger partial charge in [0.25, 0.3) is 0 Å². The van der Waals surface area contributed by atoms with E-state index < -0.39 is 37.9 Å². The van der Waals surface area contributed by atoms with Crippen molar-refractivity contribution in [3.63, 3.8) is 0 Å². The summed E-state index contributed by atoms with van der Waals surface area (Å²) >= 11 is 1.91. The molecule has 0 aromatic heterocycles. The van der Waals surface area contributed by atoms with E-state index in [4.69, 9.17) is 4.74 Å². The molecular weight excluding hydrogens is 551 g/mol. The van der Waals surface area contributed by atoms with Gasteiger partial charge in [-0.05, 0) is 69.4 Å². The number of ether oxygens (including phenoxy) is 1. The van der Waals surface area contributed by atoms with Gasteiger partial charge in [-0.15, -0.1) is 6.58 Å². The summed E-state index contributed by atoms with van der Waals surface area (Å²) in [4.78, 5) is 0. The van der Waals surface area contributed by atoms with Gasteiger partial charge in [0.2, 0.25) is 10.0 Å². The van der Waals surface area contributed by atoms with Crippen LogP contribution in [0.25, 0.3) is 0 Å². The largest absolute Gasteiger partial charge is 0.494 e. The highest BCUT2D eigenvalue weighted by Gasteiger charge is 2.56. The molecule has 1 fully saturated rings. The molecule has 0 bridgehead atoms. The van der Waals surface area contributed by atoms with Gasteiger partial charge in [0.05, 0.1) is 17.5 Å². The lowest BCUT2D eigenvalue weighted by Crippen LogP contribution is -2.34. The van der Waals surface area contributed by atoms with Crippen molar-refractivity contribution in [2.45, 2.75) is 24.0 Å². The third kappa shape index (κ3) is 4.01. The molecule has 1 aliphatic rings. The number of benzene rings is 2. The predicted molar refractivity (Wildman–Crippen MR) is 123 cm³/mol. The van der Waals surface area contributed by atoms with E-state index in [0.29, 0.717) is 16.4 Å². The van der Waals surface area contributed by atoms with Crippen molar-refractivity contribution in [3.8, 4) is 5.75 Å². The van der Waals surface area contributed by atoms with Crippen LogP contribution in [0.2, 0.25) is 0 Å². The smallest absolute Gasteiger partial charge is 0.244 e. The molecule has 30 heavy (non-hydrogen) atoms. The van der Waals surface area contributed by atoms with Crippen molar-refractivity contribution in [1.82, 2.24) is 0 Å². The molecule has 1 aliphatic carbocycles. The summed E-state index contributed by atoms with van der Waals surface area (Å²) in [7, 11) is -0.790. The Labute approximate surface area is 189 Å². The molecule has 0 radical (unpaired) electrons. The van der Waals surface area contributed by atoms with E-state index in [-0.39, 0.29) is 23.5 Å². The molecule has 3 rings (SSSR count). The van der Waals surface area contributed by atoms with Gasteiger partial charge in [0.15, 0.2) is 11.6 Å². The maximum Gasteiger partial charge on any atom is 0.244 e. The van der Waals surface area contributed by atoms with Crippen molar-refractivity contribution in [2.24, 2.45) is 0 Å². The second-order valence-electron chi connectivity index (χ2n) is 6.82. The van der Waals surface area contributed by atoms with Crippen molar-refractivity contribution >= 4 is 59.1 Å². The van der Waals surface area contributed by atoms with Crippen LogP contribution in [0.4, 0.5) is 30.2 Å². The number of hydrogen-bond acceptors (Lipinski definition) is 4. The third-order valence-corrected chi connectivity index (χ3v) is 9.05. The minimum absolute atomic E-state index is 0.147. The summed E-state index contributed by atoms with van der Waals surface area (Å²) in [6.45, 7) is 3.60. The summed E-state index contributed by atoms with van der Waals surface area (Å²) in [6.07, 6.45) is 2.53. The van der Waals surface area contributed by atoms with Gasteiger partial charge in [0.1, 0.15) is 22.9 Å². The highest BCUT2D eigenvalue weighted by atomic mass is 127. The van der Waals surface area contributed by atoms with Crippen LogP contribution in [-0.2, 0) is 10.0 Å².